The molecule has 0 saturated heterocycles. The average Bonchev–Trinajstić information content (AvgIpc) is 2.73. The van der Waals surface area contributed by atoms with Crippen molar-refractivity contribution in [2.75, 3.05) is 26.0 Å². The number of hydrazone groups is 1. The quantitative estimate of drug-likeness (QED) is 0.254. The summed E-state index contributed by atoms with van der Waals surface area (Å²) < 4.78 is 0. The molecule has 7 nitrogen and oxygen atoms in total. The van der Waals surface area contributed by atoms with Crippen LogP contribution in [0.3, 0.4) is 0 Å². The van der Waals surface area contributed by atoms with E-state index < -0.39 is 0 Å². The molecule has 158 valence electrons. The summed E-state index contributed by atoms with van der Waals surface area (Å²) in [6.45, 7) is 10.9. The molecule has 0 fully saturated rings. The Hall–Kier alpha value is -2.88. The first-order chi connectivity index (χ1) is 13.8. The van der Waals surface area contributed by atoms with Crippen LogP contribution in [0.15, 0.2) is 51.4 Å². The Kier molecular flexibility index (Phi) is 10.5. The van der Waals surface area contributed by atoms with Crippen molar-refractivity contribution in [3.05, 3.63) is 41.5 Å². The Morgan fingerprint density at radius 2 is 1.93 bits per heavy atom. The Morgan fingerprint density at radius 3 is 2.55 bits per heavy atom. The van der Waals surface area contributed by atoms with E-state index in [1.54, 1.807) is 6.21 Å². The molecular formula is C22H35N7. The van der Waals surface area contributed by atoms with Gasteiger partial charge in [0.05, 0.1) is 23.3 Å². The van der Waals surface area contributed by atoms with Gasteiger partial charge in [-0.2, -0.15) is 15.5 Å². The minimum Gasteiger partial charge on any atom is -0.377 e. The molecule has 0 bridgehead atoms. The van der Waals surface area contributed by atoms with Crippen LogP contribution in [-0.2, 0) is 0 Å². The molecule has 0 aliphatic rings. The first-order valence-corrected chi connectivity index (χ1v) is 10.1. The van der Waals surface area contributed by atoms with Crippen LogP contribution in [-0.4, -0.2) is 55.0 Å². The third kappa shape index (κ3) is 7.94. The topological polar surface area (TPSA) is 79.4 Å². The van der Waals surface area contributed by atoms with E-state index in [0.29, 0.717) is 5.56 Å². The summed E-state index contributed by atoms with van der Waals surface area (Å²) in [5.41, 5.74) is 2.73. The van der Waals surface area contributed by atoms with Gasteiger partial charge in [0.2, 0.25) is 0 Å². The highest BCUT2D eigenvalue weighted by Crippen LogP contribution is 2.19. The zero-order valence-corrected chi connectivity index (χ0v) is 18.8. The van der Waals surface area contributed by atoms with E-state index in [1.807, 2.05) is 69.1 Å². The summed E-state index contributed by atoms with van der Waals surface area (Å²) in [4.78, 5) is 0. The number of nitrogens with zero attached hydrogens (tertiary/aromatic N) is 6. The molecule has 1 aromatic rings. The summed E-state index contributed by atoms with van der Waals surface area (Å²) in [6, 6.07) is 10.1. The van der Waals surface area contributed by atoms with E-state index in [0.717, 1.165) is 18.7 Å². The van der Waals surface area contributed by atoms with Crippen LogP contribution in [0, 0.1) is 11.3 Å². The number of para-hydroxylation sites is 1. The third-order valence-corrected chi connectivity index (χ3v) is 5.10. The van der Waals surface area contributed by atoms with Gasteiger partial charge in [-0.15, -0.1) is 0 Å². The Balaban J connectivity index is 2.71. The van der Waals surface area contributed by atoms with Gasteiger partial charge in [-0.1, -0.05) is 29.0 Å². The number of allylic oxidation sites excluding steroid dienone is 1. The standard InChI is InChI=1S/C22H35N7/c1-8-17(3)21(25-22-13-11-10-12-20(22)16-23)14-15-28(6)27-26-18(4)19(5)29(7)24-9-2/h8-13,18-19,21,25H,14-15H2,1-7H3/b17-8+,24-9-,27-26-/t18?,19-,21?/m1/s1. The third-order valence-electron chi connectivity index (χ3n) is 5.10. The molecule has 1 N–H and O–H groups in total. The van der Waals surface area contributed by atoms with Crippen molar-refractivity contribution in [2.24, 2.45) is 15.4 Å². The number of hydrogen-bond acceptors (Lipinski definition) is 6. The largest absolute Gasteiger partial charge is 0.377 e. The fourth-order valence-corrected chi connectivity index (χ4v) is 2.74. The van der Waals surface area contributed by atoms with Crippen LogP contribution >= 0.6 is 0 Å². The number of nitriles is 1. The van der Waals surface area contributed by atoms with Gasteiger partial charge < -0.3 is 5.32 Å². The van der Waals surface area contributed by atoms with Gasteiger partial charge in [0.1, 0.15) is 6.07 Å². The van der Waals surface area contributed by atoms with Crippen molar-refractivity contribution in [3.63, 3.8) is 0 Å². The summed E-state index contributed by atoms with van der Waals surface area (Å²) in [5, 5.41) is 29.7. The lowest BCUT2D eigenvalue weighted by molar-refractivity contribution is 0.229. The van der Waals surface area contributed by atoms with E-state index in [9.17, 15) is 5.26 Å². The zero-order chi connectivity index (χ0) is 21.8. The molecule has 2 unspecified atom stereocenters. The molecule has 0 radical (unpaired) electrons. The van der Waals surface area contributed by atoms with E-state index >= 15 is 0 Å². The van der Waals surface area contributed by atoms with Crippen molar-refractivity contribution in [1.82, 2.24) is 10.0 Å². The molecule has 0 saturated carbocycles. The SMILES string of the molecule is C/C=N\N(C)[C@H](C)C(C)/N=N\N(C)CCC(Nc1ccccc1C#N)/C(C)=C/C. The van der Waals surface area contributed by atoms with Gasteiger partial charge in [0.25, 0.3) is 0 Å². The average molecular weight is 398 g/mol. The summed E-state index contributed by atoms with van der Waals surface area (Å²) >= 11 is 0. The molecule has 0 aromatic heterocycles. The predicted molar refractivity (Wildman–Crippen MR) is 121 cm³/mol. The summed E-state index contributed by atoms with van der Waals surface area (Å²) in [6.07, 6.45) is 4.71. The lowest BCUT2D eigenvalue weighted by atomic mass is 10.0. The molecule has 1 rings (SSSR count). The Bertz CT molecular complexity index is 748. The zero-order valence-electron chi connectivity index (χ0n) is 18.8. The van der Waals surface area contributed by atoms with Gasteiger partial charge in [-0.3, -0.25) is 10.0 Å². The maximum Gasteiger partial charge on any atom is 0.101 e. The van der Waals surface area contributed by atoms with Crippen molar-refractivity contribution in [3.8, 4) is 6.07 Å². The van der Waals surface area contributed by atoms with Crippen molar-refractivity contribution in [1.29, 1.82) is 5.26 Å². The second-order valence-electron chi connectivity index (χ2n) is 7.19. The number of likely N-dealkylation sites (N-methyl/N-ethyl adjacent to an activating group) is 1. The Labute approximate surface area is 175 Å². The highest BCUT2D eigenvalue weighted by Gasteiger charge is 2.16. The van der Waals surface area contributed by atoms with Gasteiger partial charge in [-0.05, 0) is 53.2 Å². The van der Waals surface area contributed by atoms with E-state index in [2.05, 4.69) is 46.7 Å². The van der Waals surface area contributed by atoms with E-state index in [4.69, 9.17) is 0 Å². The maximum atomic E-state index is 9.33. The van der Waals surface area contributed by atoms with E-state index in [-0.39, 0.29) is 18.1 Å². The molecule has 29 heavy (non-hydrogen) atoms. The fraction of sp³-hybridized carbons (Fsp3) is 0.545. The minimum absolute atomic E-state index is 0.0276. The maximum absolute atomic E-state index is 9.33. The first-order valence-electron chi connectivity index (χ1n) is 10.1. The molecule has 0 spiro atoms. The van der Waals surface area contributed by atoms with Gasteiger partial charge >= 0.3 is 0 Å². The van der Waals surface area contributed by atoms with Gasteiger partial charge in [-0.25, -0.2) is 0 Å². The monoisotopic (exact) mass is 397 g/mol. The first kappa shape index (κ1) is 24.2. The predicted octanol–water partition coefficient (Wildman–Crippen LogP) is 4.71. The molecule has 0 aliphatic carbocycles. The molecule has 0 heterocycles. The van der Waals surface area contributed by atoms with Crippen molar-refractivity contribution >= 4 is 11.9 Å². The second-order valence-corrected chi connectivity index (χ2v) is 7.19. The number of nitrogens with one attached hydrogen (secondary N) is 1. The van der Waals surface area contributed by atoms with Crippen molar-refractivity contribution < 1.29 is 0 Å². The summed E-state index contributed by atoms with van der Waals surface area (Å²) in [5.74, 6) is 0. The number of anilines is 1. The fourth-order valence-electron chi connectivity index (χ4n) is 2.74. The molecule has 0 amide bonds. The van der Waals surface area contributed by atoms with Crippen molar-refractivity contribution in [2.45, 2.75) is 59.2 Å². The van der Waals surface area contributed by atoms with Crippen LogP contribution in [0.4, 0.5) is 5.69 Å². The number of rotatable bonds is 11. The van der Waals surface area contributed by atoms with Crippen LogP contribution < -0.4 is 5.32 Å². The van der Waals surface area contributed by atoms with Gasteiger partial charge in [0, 0.05) is 32.9 Å². The second kappa shape index (κ2) is 12.6. The lowest BCUT2D eigenvalue weighted by Gasteiger charge is -2.25. The lowest BCUT2D eigenvalue weighted by Crippen LogP contribution is -2.33. The normalized spacial score (nSPS) is 15.2. The highest BCUT2D eigenvalue weighted by molar-refractivity contribution is 5.58. The van der Waals surface area contributed by atoms with Gasteiger partial charge in [0.15, 0.2) is 0 Å². The van der Waals surface area contributed by atoms with Crippen LogP contribution in [0.5, 0.6) is 0 Å². The molecular weight excluding hydrogens is 362 g/mol. The number of benzene rings is 1. The van der Waals surface area contributed by atoms with E-state index in [1.165, 1.54) is 5.57 Å². The van der Waals surface area contributed by atoms with Crippen LogP contribution in [0.1, 0.15) is 46.6 Å². The Morgan fingerprint density at radius 1 is 1.24 bits per heavy atom. The number of hydrogen-bond donors (Lipinski definition) is 1. The molecule has 3 atom stereocenters. The molecule has 0 aliphatic heterocycles. The summed E-state index contributed by atoms with van der Waals surface area (Å²) in [7, 11) is 3.87. The minimum atomic E-state index is 0.0276. The van der Waals surface area contributed by atoms with Crippen LogP contribution in [0.25, 0.3) is 0 Å². The highest BCUT2D eigenvalue weighted by atomic mass is 15.5. The molecule has 7 heteroatoms. The molecule has 1 aromatic carbocycles. The van der Waals surface area contributed by atoms with Crippen LogP contribution in [0.2, 0.25) is 0 Å². The smallest absolute Gasteiger partial charge is 0.101 e.